The molecule has 0 fully saturated rings. The first-order valence-corrected chi connectivity index (χ1v) is 12.8. The summed E-state index contributed by atoms with van der Waals surface area (Å²) < 4.78 is 3.88. The van der Waals surface area contributed by atoms with Crippen molar-refractivity contribution >= 4 is 77.2 Å². The number of nitrogens with zero attached hydrogens (tertiary/aromatic N) is 4. The lowest BCUT2D eigenvalue weighted by Gasteiger charge is -2.20. The SMILES string of the molecule is Cc1cc(C)n(CCN(C(=O)c2sc3ccccc3c2Cl)c2nc3c(C)c(Cl)ccc3s2)n1. The number of benzene rings is 2. The van der Waals surface area contributed by atoms with Crippen LogP contribution < -0.4 is 4.90 Å². The number of hydrogen-bond donors (Lipinski definition) is 0. The third-order valence-electron chi connectivity index (χ3n) is 5.58. The van der Waals surface area contributed by atoms with Crippen LogP contribution in [0.4, 0.5) is 5.13 Å². The third-order valence-corrected chi connectivity index (χ3v) is 8.70. The number of aromatic nitrogens is 3. The number of fused-ring (bicyclic) bond motifs is 2. The van der Waals surface area contributed by atoms with E-state index in [4.69, 9.17) is 28.2 Å². The second-order valence-electron chi connectivity index (χ2n) is 7.86. The van der Waals surface area contributed by atoms with Gasteiger partial charge in [-0.2, -0.15) is 5.10 Å². The Labute approximate surface area is 209 Å². The monoisotopic (exact) mass is 514 g/mol. The number of aryl methyl sites for hydroxylation is 3. The number of amides is 1. The van der Waals surface area contributed by atoms with Gasteiger partial charge in [0.2, 0.25) is 0 Å². The average molecular weight is 515 g/mol. The normalized spacial score (nSPS) is 11.5. The maximum Gasteiger partial charge on any atom is 0.271 e. The predicted molar refractivity (Wildman–Crippen MR) is 140 cm³/mol. The first-order valence-electron chi connectivity index (χ1n) is 10.4. The molecule has 3 aromatic heterocycles. The van der Waals surface area contributed by atoms with Gasteiger partial charge in [0.05, 0.1) is 27.5 Å². The molecule has 0 radical (unpaired) electrons. The molecule has 9 heteroatoms. The number of thiophene rings is 1. The van der Waals surface area contributed by atoms with Crippen molar-refractivity contribution in [2.24, 2.45) is 0 Å². The fraction of sp³-hybridized carbons (Fsp3) is 0.208. The van der Waals surface area contributed by atoms with E-state index in [-0.39, 0.29) is 5.91 Å². The van der Waals surface area contributed by atoms with Crippen LogP contribution in [0.3, 0.4) is 0 Å². The summed E-state index contributed by atoms with van der Waals surface area (Å²) in [7, 11) is 0. The molecule has 168 valence electrons. The van der Waals surface area contributed by atoms with Crippen molar-refractivity contribution in [2.45, 2.75) is 27.3 Å². The molecule has 5 rings (SSSR count). The molecule has 0 atom stereocenters. The first-order chi connectivity index (χ1) is 15.8. The van der Waals surface area contributed by atoms with Gasteiger partial charge in [0.25, 0.3) is 5.91 Å². The highest BCUT2D eigenvalue weighted by molar-refractivity contribution is 7.23. The van der Waals surface area contributed by atoms with Gasteiger partial charge in [-0.15, -0.1) is 11.3 Å². The van der Waals surface area contributed by atoms with Crippen molar-refractivity contribution in [3.63, 3.8) is 0 Å². The number of rotatable bonds is 5. The summed E-state index contributed by atoms with van der Waals surface area (Å²) in [5, 5.41) is 7.20. The highest BCUT2D eigenvalue weighted by Crippen LogP contribution is 2.38. The maximum atomic E-state index is 13.8. The van der Waals surface area contributed by atoms with E-state index in [0.717, 1.165) is 37.3 Å². The van der Waals surface area contributed by atoms with Crippen molar-refractivity contribution in [3.8, 4) is 0 Å². The number of carbonyl (C=O) groups is 1. The second kappa shape index (κ2) is 8.72. The smallest absolute Gasteiger partial charge is 0.271 e. The van der Waals surface area contributed by atoms with E-state index < -0.39 is 0 Å². The fourth-order valence-electron chi connectivity index (χ4n) is 3.86. The summed E-state index contributed by atoms with van der Waals surface area (Å²) in [6, 6.07) is 13.6. The van der Waals surface area contributed by atoms with Crippen molar-refractivity contribution in [1.29, 1.82) is 0 Å². The molecule has 1 amide bonds. The molecule has 5 aromatic rings. The molecular weight excluding hydrogens is 495 g/mol. The van der Waals surface area contributed by atoms with Crippen LogP contribution in [0.1, 0.15) is 26.6 Å². The Bertz CT molecular complexity index is 1520. The predicted octanol–water partition coefficient (Wildman–Crippen LogP) is 7.29. The van der Waals surface area contributed by atoms with E-state index in [1.807, 2.05) is 67.9 Å². The molecule has 0 spiro atoms. The zero-order valence-corrected chi connectivity index (χ0v) is 21.4. The minimum atomic E-state index is -0.162. The summed E-state index contributed by atoms with van der Waals surface area (Å²) in [5.74, 6) is -0.162. The summed E-state index contributed by atoms with van der Waals surface area (Å²) in [6.07, 6.45) is 0. The Morgan fingerprint density at radius 2 is 1.85 bits per heavy atom. The molecule has 0 N–H and O–H groups in total. The van der Waals surface area contributed by atoms with Gasteiger partial charge >= 0.3 is 0 Å². The van der Waals surface area contributed by atoms with Gasteiger partial charge in [0.1, 0.15) is 4.88 Å². The standard InChI is InChI=1S/C24H20Cl2N4OS2/c1-13-12-14(2)30(28-13)11-10-29(24-27-21-15(3)17(25)8-9-19(21)33-24)23(31)22-20(26)16-6-4-5-7-18(16)32-22/h4-9,12H,10-11H2,1-3H3. The van der Waals surface area contributed by atoms with Crippen LogP contribution in [0.15, 0.2) is 42.5 Å². The quantitative estimate of drug-likeness (QED) is 0.247. The molecule has 0 bridgehead atoms. The summed E-state index contributed by atoms with van der Waals surface area (Å²) >= 11 is 15.9. The molecular formula is C24H20Cl2N4OS2. The van der Waals surface area contributed by atoms with Crippen molar-refractivity contribution in [3.05, 3.63) is 74.3 Å². The number of halogens is 2. The van der Waals surface area contributed by atoms with Gasteiger partial charge in [-0.1, -0.05) is 52.7 Å². The van der Waals surface area contributed by atoms with Gasteiger partial charge in [-0.25, -0.2) is 4.98 Å². The van der Waals surface area contributed by atoms with Crippen LogP contribution in [-0.4, -0.2) is 27.2 Å². The minimum absolute atomic E-state index is 0.162. The zero-order chi connectivity index (χ0) is 23.3. The van der Waals surface area contributed by atoms with Crippen LogP contribution in [0, 0.1) is 20.8 Å². The van der Waals surface area contributed by atoms with Gasteiger partial charge in [-0.05, 0) is 50.6 Å². The van der Waals surface area contributed by atoms with E-state index >= 15 is 0 Å². The molecule has 3 heterocycles. The van der Waals surface area contributed by atoms with Crippen LogP contribution in [0.2, 0.25) is 10.0 Å². The lowest BCUT2D eigenvalue weighted by molar-refractivity contribution is 0.0990. The van der Waals surface area contributed by atoms with E-state index in [1.54, 1.807) is 4.90 Å². The van der Waals surface area contributed by atoms with E-state index in [0.29, 0.717) is 33.1 Å². The van der Waals surface area contributed by atoms with Crippen LogP contribution in [0.25, 0.3) is 20.3 Å². The Kier molecular flexibility index (Phi) is 5.91. The lowest BCUT2D eigenvalue weighted by atomic mass is 10.2. The minimum Gasteiger partial charge on any atom is -0.281 e. The van der Waals surface area contributed by atoms with E-state index in [1.165, 1.54) is 22.7 Å². The number of carbonyl (C=O) groups excluding carboxylic acids is 1. The van der Waals surface area contributed by atoms with Crippen LogP contribution in [0.5, 0.6) is 0 Å². The molecule has 0 aliphatic heterocycles. The Hall–Kier alpha value is -2.45. The summed E-state index contributed by atoms with van der Waals surface area (Å²) in [4.78, 5) is 20.9. The molecule has 0 aliphatic carbocycles. The van der Waals surface area contributed by atoms with Gasteiger partial charge in [0.15, 0.2) is 5.13 Å². The third kappa shape index (κ3) is 4.04. The fourth-order valence-corrected chi connectivity index (χ4v) is 6.52. The highest BCUT2D eigenvalue weighted by Gasteiger charge is 2.26. The zero-order valence-electron chi connectivity index (χ0n) is 18.2. The Morgan fingerprint density at radius 3 is 2.58 bits per heavy atom. The Balaban J connectivity index is 1.58. The van der Waals surface area contributed by atoms with Crippen molar-refractivity contribution < 1.29 is 4.79 Å². The van der Waals surface area contributed by atoms with E-state index in [2.05, 4.69) is 5.10 Å². The molecule has 5 nitrogen and oxygen atoms in total. The Morgan fingerprint density at radius 1 is 1.06 bits per heavy atom. The largest absolute Gasteiger partial charge is 0.281 e. The van der Waals surface area contributed by atoms with E-state index in [9.17, 15) is 4.79 Å². The highest BCUT2D eigenvalue weighted by atomic mass is 35.5. The molecule has 0 aliphatic rings. The van der Waals surface area contributed by atoms with Gasteiger partial charge in [-0.3, -0.25) is 14.4 Å². The number of thiazole rings is 1. The number of hydrogen-bond acceptors (Lipinski definition) is 5. The topological polar surface area (TPSA) is 51.0 Å². The number of anilines is 1. The molecule has 0 saturated heterocycles. The van der Waals surface area contributed by atoms with Crippen molar-refractivity contribution in [1.82, 2.24) is 14.8 Å². The van der Waals surface area contributed by atoms with Crippen LogP contribution >= 0.6 is 45.9 Å². The molecule has 0 saturated carbocycles. The molecule has 0 unspecified atom stereocenters. The maximum absolute atomic E-state index is 13.8. The van der Waals surface area contributed by atoms with Gasteiger partial charge < -0.3 is 0 Å². The van der Waals surface area contributed by atoms with Crippen LogP contribution in [-0.2, 0) is 6.54 Å². The first kappa shape index (κ1) is 22.3. The second-order valence-corrected chi connectivity index (χ2v) is 10.7. The lowest BCUT2D eigenvalue weighted by Crippen LogP contribution is -2.34. The molecule has 33 heavy (non-hydrogen) atoms. The average Bonchev–Trinajstić information content (AvgIpc) is 3.47. The summed E-state index contributed by atoms with van der Waals surface area (Å²) in [6.45, 7) is 6.88. The molecule has 2 aromatic carbocycles. The van der Waals surface area contributed by atoms with Crippen molar-refractivity contribution in [2.75, 3.05) is 11.4 Å². The van der Waals surface area contributed by atoms with Gasteiger partial charge in [0, 0.05) is 27.3 Å². The summed E-state index contributed by atoms with van der Waals surface area (Å²) in [5.41, 5.74) is 3.71.